The van der Waals surface area contributed by atoms with E-state index >= 15 is 0 Å². The van der Waals surface area contributed by atoms with Crippen LogP contribution >= 0.6 is 0 Å². The highest BCUT2D eigenvalue weighted by Crippen LogP contribution is 2.18. The number of benzene rings is 2. The van der Waals surface area contributed by atoms with E-state index in [1.54, 1.807) is 0 Å². The molecule has 0 heterocycles. The lowest BCUT2D eigenvalue weighted by molar-refractivity contribution is 0.335. The summed E-state index contributed by atoms with van der Waals surface area (Å²) >= 11 is 0. The van der Waals surface area contributed by atoms with E-state index in [2.05, 4.69) is 55.6 Å². The minimum absolute atomic E-state index is 0.588. The summed E-state index contributed by atoms with van der Waals surface area (Å²) in [6, 6.07) is 17.0. The molecule has 0 aromatic heterocycles. The van der Waals surface area contributed by atoms with Crippen LogP contribution in [0.15, 0.2) is 48.5 Å². The van der Waals surface area contributed by atoms with Gasteiger partial charge in [-0.15, -0.1) is 0 Å². The van der Waals surface area contributed by atoms with E-state index in [0.29, 0.717) is 12.5 Å². The summed E-state index contributed by atoms with van der Waals surface area (Å²) < 4.78 is 5.64. The van der Waals surface area contributed by atoms with Crippen molar-refractivity contribution in [2.24, 2.45) is 0 Å². The fraction of sp³-hybridized carbons (Fsp3) is 0.368. The van der Waals surface area contributed by atoms with E-state index in [1.807, 2.05) is 19.1 Å². The molecule has 0 atom stereocenters. The minimum Gasteiger partial charge on any atom is -0.494 e. The molecule has 21 heavy (non-hydrogen) atoms. The second-order valence-corrected chi connectivity index (χ2v) is 5.54. The predicted molar refractivity (Wildman–Crippen MR) is 88.7 cm³/mol. The Hall–Kier alpha value is -1.80. The first-order chi connectivity index (χ1) is 10.2. The van der Waals surface area contributed by atoms with Crippen molar-refractivity contribution in [3.63, 3.8) is 0 Å². The predicted octanol–water partition coefficient (Wildman–Crippen LogP) is 4.50. The molecule has 0 fully saturated rings. The molecule has 0 bridgehead atoms. The molecular formula is C19H25NO. The zero-order valence-electron chi connectivity index (χ0n) is 13.2. The van der Waals surface area contributed by atoms with Crippen LogP contribution in [-0.4, -0.2) is 6.61 Å². The lowest BCUT2D eigenvalue weighted by Gasteiger charge is -2.11. The summed E-state index contributed by atoms with van der Waals surface area (Å²) in [7, 11) is 0. The van der Waals surface area contributed by atoms with Crippen LogP contribution in [0.2, 0.25) is 0 Å². The first-order valence-corrected chi connectivity index (χ1v) is 7.71. The molecule has 2 heteroatoms. The first kappa shape index (κ1) is 15.6. The van der Waals surface area contributed by atoms with E-state index < -0.39 is 0 Å². The fourth-order valence-electron chi connectivity index (χ4n) is 2.31. The van der Waals surface area contributed by atoms with E-state index in [4.69, 9.17) is 4.74 Å². The van der Waals surface area contributed by atoms with Crippen LogP contribution in [0.4, 0.5) is 0 Å². The van der Waals surface area contributed by atoms with Crippen molar-refractivity contribution in [2.45, 2.75) is 39.8 Å². The van der Waals surface area contributed by atoms with E-state index in [1.165, 1.54) is 16.7 Å². The first-order valence-electron chi connectivity index (χ1n) is 7.71. The average molecular weight is 283 g/mol. The molecule has 2 aromatic carbocycles. The third-order valence-corrected chi connectivity index (χ3v) is 3.56. The van der Waals surface area contributed by atoms with Crippen LogP contribution in [0.25, 0.3) is 0 Å². The highest BCUT2D eigenvalue weighted by atomic mass is 16.5. The Kier molecular flexibility index (Phi) is 5.82. The van der Waals surface area contributed by atoms with Gasteiger partial charge in [-0.25, -0.2) is 0 Å². The lowest BCUT2D eigenvalue weighted by Crippen LogP contribution is -2.13. The summed E-state index contributed by atoms with van der Waals surface area (Å²) in [5, 5.41) is 3.49. The van der Waals surface area contributed by atoms with Gasteiger partial charge in [0.05, 0.1) is 6.61 Å². The Balaban J connectivity index is 1.89. The quantitative estimate of drug-likeness (QED) is 0.808. The van der Waals surface area contributed by atoms with Gasteiger partial charge in [-0.3, -0.25) is 0 Å². The molecule has 0 aliphatic rings. The summed E-state index contributed by atoms with van der Waals surface area (Å²) in [5.74, 6) is 1.56. The zero-order chi connectivity index (χ0) is 15.1. The van der Waals surface area contributed by atoms with Crippen LogP contribution in [0, 0.1) is 0 Å². The zero-order valence-corrected chi connectivity index (χ0v) is 13.2. The highest BCUT2D eigenvalue weighted by Gasteiger charge is 2.02. The van der Waals surface area contributed by atoms with Crippen LogP contribution in [0.5, 0.6) is 5.75 Å². The summed E-state index contributed by atoms with van der Waals surface area (Å²) in [6.45, 7) is 8.85. The maximum absolute atomic E-state index is 5.64. The number of nitrogens with one attached hydrogen (secondary N) is 1. The number of hydrogen-bond donors (Lipinski definition) is 1. The molecular weight excluding hydrogens is 258 g/mol. The maximum Gasteiger partial charge on any atom is 0.123 e. The molecule has 1 N–H and O–H groups in total. The van der Waals surface area contributed by atoms with Crippen LogP contribution in [0.3, 0.4) is 0 Å². The number of rotatable bonds is 7. The van der Waals surface area contributed by atoms with Gasteiger partial charge in [-0.05, 0) is 30.0 Å². The fourth-order valence-corrected chi connectivity index (χ4v) is 2.31. The normalized spacial score (nSPS) is 10.9. The van der Waals surface area contributed by atoms with Gasteiger partial charge in [0.15, 0.2) is 0 Å². The van der Waals surface area contributed by atoms with E-state index in [-0.39, 0.29) is 0 Å². The van der Waals surface area contributed by atoms with Crippen molar-refractivity contribution in [3.05, 3.63) is 65.2 Å². The van der Waals surface area contributed by atoms with Gasteiger partial charge < -0.3 is 10.1 Å². The lowest BCUT2D eigenvalue weighted by atomic mass is 10.0. The minimum atomic E-state index is 0.588. The van der Waals surface area contributed by atoms with E-state index in [0.717, 1.165) is 18.8 Å². The Bertz CT molecular complexity index is 546. The second kappa shape index (κ2) is 7.84. The number of para-hydroxylation sites is 1. The maximum atomic E-state index is 5.64. The summed E-state index contributed by atoms with van der Waals surface area (Å²) in [6.07, 6.45) is 0. The smallest absolute Gasteiger partial charge is 0.123 e. The second-order valence-electron chi connectivity index (χ2n) is 5.54. The molecule has 0 saturated heterocycles. The highest BCUT2D eigenvalue weighted by molar-refractivity contribution is 5.33. The van der Waals surface area contributed by atoms with E-state index in [9.17, 15) is 0 Å². The SMILES string of the molecule is CCOc1ccccc1CNCc1ccc(C(C)C)cc1. The number of ether oxygens (including phenoxy) is 1. The van der Waals surface area contributed by atoms with Crippen LogP contribution in [-0.2, 0) is 13.1 Å². The molecule has 0 unspecified atom stereocenters. The van der Waals surface area contributed by atoms with Crippen LogP contribution in [0.1, 0.15) is 43.4 Å². The topological polar surface area (TPSA) is 21.3 Å². The molecule has 0 aliphatic heterocycles. The third-order valence-electron chi connectivity index (χ3n) is 3.56. The van der Waals surface area contributed by atoms with Gasteiger partial charge in [0, 0.05) is 18.7 Å². The standard InChI is InChI=1S/C19H25NO/c1-4-21-19-8-6-5-7-18(19)14-20-13-16-9-11-17(12-10-16)15(2)3/h5-12,15,20H,4,13-14H2,1-3H3. The van der Waals surface area contributed by atoms with Gasteiger partial charge in [0.25, 0.3) is 0 Å². The van der Waals surface area contributed by atoms with Crippen molar-refractivity contribution < 1.29 is 4.74 Å². The van der Waals surface area contributed by atoms with Crippen molar-refractivity contribution >= 4 is 0 Å². The van der Waals surface area contributed by atoms with Gasteiger partial charge in [0.1, 0.15) is 5.75 Å². The molecule has 112 valence electrons. The van der Waals surface area contributed by atoms with Gasteiger partial charge >= 0.3 is 0 Å². The molecule has 0 spiro atoms. The Labute approximate surface area is 128 Å². The largest absolute Gasteiger partial charge is 0.494 e. The van der Waals surface area contributed by atoms with Crippen LogP contribution < -0.4 is 10.1 Å². The summed E-state index contributed by atoms with van der Waals surface area (Å²) in [5.41, 5.74) is 3.91. The van der Waals surface area contributed by atoms with Gasteiger partial charge in [-0.1, -0.05) is 56.3 Å². The van der Waals surface area contributed by atoms with Crippen molar-refractivity contribution in [3.8, 4) is 5.75 Å². The molecule has 0 radical (unpaired) electrons. The molecule has 2 nitrogen and oxygen atoms in total. The molecule has 0 aliphatic carbocycles. The third kappa shape index (κ3) is 4.61. The Morgan fingerprint density at radius 1 is 0.952 bits per heavy atom. The molecule has 0 saturated carbocycles. The monoisotopic (exact) mass is 283 g/mol. The molecule has 2 rings (SSSR count). The van der Waals surface area contributed by atoms with Crippen molar-refractivity contribution in [1.29, 1.82) is 0 Å². The average Bonchev–Trinajstić information content (AvgIpc) is 2.50. The molecule has 0 amide bonds. The Morgan fingerprint density at radius 3 is 2.33 bits per heavy atom. The number of hydrogen-bond acceptors (Lipinski definition) is 2. The van der Waals surface area contributed by atoms with Crippen molar-refractivity contribution in [2.75, 3.05) is 6.61 Å². The Morgan fingerprint density at radius 2 is 1.67 bits per heavy atom. The van der Waals surface area contributed by atoms with Gasteiger partial charge in [-0.2, -0.15) is 0 Å². The summed E-state index contributed by atoms with van der Waals surface area (Å²) in [4.78, 5) is 0. The van der Waals surface area contributed by atoms with Crippen molar-refractivity contribution in [1.82, 2.24) is 5.32 Å². The molecule has 2 aromatic rings. The van der Waals surface area contributed by atoms with Gasteiger partial charge in [0.2, 0.25) is 0 Å².